The van der Waals surface area contributed by atoms with Crippen LogP contribution in [0.1, 0.15) is 18.3 Å². The maximum Gasteiger partial charge on any atom is 0.148 e. The van der Waals surface area contributed by atoms with E-state index >= 15 is 0 Å². The van der Waals surface area contributed by atoms with E-state index in [2.05, 4.69) is 10.6 Å². The van der Waals surface area contributed by atoms with Crippen molar-refractivity contribution >= 4 is 11.0 Å². The van der Waals surface area contributed by atoms with Gasteiger partial charge in [-0.2, -0.15) is 0 Å². The summed E-state index contributed by atoms with van der Waals surface area (Å²) in [7, 11) is 0. The smallest absolute Gasteiger partial charge is 0.148 e. The second kappa shape index (κ2) is 7.29. The summed E-state index contributed by atoms with van der Waals surface area (Å²) in [5, 5.41) is 0. The van der Waals surface area contributed by atoms with Crippen LogP contribution in [0.4, 0.5) is 0 Å². The monoisotopic (exact) mass is 310 g/mol. The summed E-state index contributed by atoms with van der Waals surface area (Å²) in [6, 6.07) is 16.2. The van der Waals surface area contributed by atoms with Gasteiger partial charge in [0.05, 0.1) is 17.6 Å². The van der Waals surface area contributed by atoms with Gasteiger partial charge in [0.1, 0.15) is 18.2 Å². The molecule has 3 aromatic rings. The summed E-state index contributed by atoms with van der Waals surface area (Å²) in [6.07, 6.45) is 0. The zero-order valence-electron chi connectivity index (χ0n) is 13.7. The fourth-order valence-electron chi connectivity index (χ4n) is 2.65. The molecule has 120 valence electrons. The molecule has 0 atom stereocenters. The molecule has 0 radical (unpaired) electrons. The number of fused-ring (bicyclic) bond motifs is 1. The summed E-state index contributed by atoms with van der Waals surface area (Å²) in [4.78, 5) is 4.72. The Morgan fingerprint density at radius 2 is 1.83 bits per heavy atom. The quantitative estimate of drug-likeness (QED) is 0.620. The van der Waals surface area contributed by atoms with Crippen LogP contribution in [-0.4, -0.2) is 22.8 Å². The number of nitrogens with zero attached hydrogens (tertiary/aromatic N) is 2. The highest BCUT2D eigenvalue weighted by molar-refractivity contribution is 5.75. The van der Waals surface area contributed by atoms with Crippen molar-refractivity contribution in [1.82, 2.24) is 9.55 Å². The van der Waals surface area contributed by atoms with Crippen molar-refractivity contribution in [3.63, 3.8) is 0 Å². The van der Waals surface area contributed by atoms with Gasteiger partial charge in [-0.1, -0.05) is 30.3 Å². The van der Waals surface area contributed by atoms with Gasteiger partial charge in [-0.25, -0.2) is 4.98 Å². The molecule has 0 bridgehead atoms. The maximum absolute atomic E-state index is 5.98. The van der Waals surface area contributed by atoms with Gasteiger partial charge in [0.2, 0.25) is 0 Å². The lowest BCUT2D eigenvalue weighted by atomic mass is 10.2. The van der Waals surface area contributed by atoms with Crippen molar-refractivity contribution < 1.29 is 9.47 Å². The summed E-state index contributed by atoms with van der Waals surface area (Å²) in [5.41, 5.74) is 3.24. The van der Waals surface area contributed by atoms with E-state index in [1.807, 2.05) is 56.3 Å². The third-order valence-electron chi connectivity index (χ3n) is 3.85. The van der Waals surface area contributed by atoms with E-state index in [1.165, 1.54) is 0 Å². The minimum atomic E-state index is 0.450. The molecule has 0 saturated carbocycles. The standard InChI is InChI=1S/C19H22N2O2/c1-3-22-13-12-21-17-10-6-5-9-16(17)20-19(21)14-23-18-11-7-4-8-15(18)2/h4-11H,3,12-14H2,1-2H3. The minimum absolute atomic E-state index is 0.450. The Morgan fingerprint density at radius 1 is 1.04 bits per heavy atom. The van der Waals surface area contributed by atoms with E-state index in [0.717, 1.165) is 41.3 Å². The summed E-state index contributed by atoms with van der Waals surface area (Å²) < 4.78 is 13.7. The average Bonchev–Trinajstić information content (AvgIpc) is 2.92. The number of hydrogen-bond acceptors (Lipinski definition) is 3. The molecule has 0 spiro atoms. The molecule has 2 aromatic carbocycles. The van der Waals surface area contributed by atoms with Crippen LogP contribution >= 0.6 is 0 Å². The lowest BCUT2D eigenvalue weighted by molar-refractivity contribution is 0.138. The van der Waals surface area contributed by atoms with Crippen LogP contribution in [0, 0.1) is 6.92 Å². The molecule has 0 unspecified atom stereocenters. The van der Waals surface area contributed by atoms with E-state index in [-0.39, 0.29) is 0 Å². The van der Waals surface area contributed by atoms with E-state index in [4.69, 9.17) is 14.5 Å². The number of rotatable bonds is 7. The normalized spacial score (nSPS) is 11.0. The molecule has 0 aliphatic carbocycles. The van der Waals surface area contributed by atoms with Gasteiger partial charge in [-0.15, -0.1) is 0 Å². The van der Waals surface area contributed by atoms with Gasteiger partial charge in [0.15, 0.2) is 0 Å². The molecule has 0 saturated heterocycles. The fraction of sp³-hybridized carbons (Fsp3) is 0.316. The molecule has 23 heavy (non-hydrogen) atoms. The van der Waals surface area contributed by atoms with Crippen LogP contribution in [0.5, 0.6) is 5.75 Å². The molecule has 0 fully saturated rings. The van der Waals surface area contributed by atoms with Crippen LogP contribution in [0.15, 0.2) is 48.5 Å². The van der Waals surface area contributed by atoms with Crippen molar-refractivity contribution in [3.05, 3.63) is 59.9 Å². The van der Waals surface area contributed by atoms with E-state index in [1.54, 1.807) is 0 Å². The Labute approximate surface area is 136 Å². The van der Waals surface area contributed by atoms with Crippen LogP contribution in [0.2, 0.25) is 0 Å². The Hall–Kier alpha value is -2.33. The van der Waals surface area contributed by atoms with E-state index in [0.29, 0.717) is 13.2 Å². The van der Waals surface area contributed by atoms with Gasteiger partial charge >= 0.3 is 0 Å². The molecule has 4 nitrogen and oxygen atoms in total. The third kappa shape index (κ3) is 3.54. The van der Waals surface area contributed by atoms with Gasteiger partial charge in [-0.3, -0.25) is 0 Å². The summed E-state index contributed by atoms with van der Waals surface area (Å²) in [5.74, 6) is 1.82. The number of imidazole rings is 1. The first-order valence-corrected chi connectivity index (χ1v) is 8.00. The van der Waals surface area contributed by atoms with Crippen LogP contribution in [-0.2, 0) is 17.9 Å². The molecule has 0 aliphatic rings. The predicted octanol–water partition coefficient (Wildman–Crippen LogP) is 3.96. The van der Waals surface area contributed by atoms with Crippen molar-refractivity contribution in [2.75, 3.05) is 13.2 Å². The first kappa shape index (κ1) is 15.6. The number of benzene rings is 2. The zero-order chi connectivity index (χ0) is 16.1. The predicted molar refractivity (Wildman–Crippen MR) is 91.7 cm³/mol. The summed E-state index contributed by atoms with van der Waals surface area (Å²) in [6.45, 7) is 6.68. The Kier molecular flexibility index (Phi) is 4.93. The highest BCUT2D eigenvalue weighted by atomic mass is 16.5. The molecule has 1 aromatic heterocycles. The fourth-order valence-corrected chi connectivity index (χ4v) is 2.65. The van der Waals surface area contributed by atoms with Gasteiger partial charge in [0, 0.05) is 13.2 Å². The van der Waals surface area contributed by atoms with Crippen LogP contribution in [0.3, 0.4) is 0 Å². The lowest BCUT2D eigenvalue weighted by Gasteiger charge is -2.11. The minimum Gasteiger partial charge on any atom is -0.485 e. The molecular formula is C19H22N2O2. The molecule has 4 heteroatoms. The molecule has 1 heterocycles. The van der Waals surface area contributed by atoms with E-state index < -0.39 is 0 Å². The number of para-hydroxylation sites is 3. The Morgan fingerprint density at radius 3 is 2.65 bits per heavy atom. The Bertz CT molecular complexity index is 780. The number of aryl methyl sites for hydroxylation is 1. The largest absolute Gasteiger partial charge is 0.485 e. The van der Waals surface area contributed by atoms with Crippen molar-refractivity contribution in [1.29, 1.82) is 0 Å². The summed E-state index contributed by atoms with van der Waals surface area (Å²) >= 11 is 0. The zero-order valence-corrected chi connectivity index (χ0v) is 13.7. The van der Waals surface area contributed by atoms with Gasteiger partial charge in [-0.05, 0) is 37.6 Å². The molecule has 0 amide bonds. The van der Waals surface area contributed by atoms with Crippen LogP contribution < -0.4 is 4.74 Å². The number of aromatic nitrogens is 2. The first-order chi connectivity index (χ1) is 11.3. The number of ether oxygens (including phenoxy) is 2. The van der Waals surface area contributed by atoms with Crippen molar-refractivity contribution in [3.8, 4) is 5.75 Å². The van der Waals surface area contributed by atoms with Crippen molar-refractivity contribution in [2.45, 2.75) is 27.0 Å². The van der Waals surface area contributed by atoms with Gasteiger partial charge < -0.3 is 14.0 Å². The third-order valence-corrected chi connectivity index (χ3v) is 3.85. The molecular weight excluding hydrogens is 288 g/mol. The second-order valence-electron chi connectivity index (χ2n) is 5.42. The molecule has 0 aliphatic heterocycles. The average molecular weight is 310 g/mol. The molecule has 3 rings (SSSR count). The maximum atomic E-state index is 5.98. The lowest BCUT2D eigenvalue weighted by Crippen LogP contribution is -2.11. The SMILES string of the molecule is CCOCCn1c(COc2ccccc2C)nc2ccccc21. The highest BCUT2D eigenvalue weighted by Gasteiger charge is 2.11. The number of hydrogen-bond donors (Lipinski definition) is 0. The van der Waals surface area contributed by atoms with Crippen LogP contribution in [0.25, 0.3) is 11.0 Å². The first-order valence-electron chi connectivity index (χ1n) is 8.00. The van der Waals surface area contributed by atoms with E-state index in [9.17, 15) is 0 Å². The topological polar surface area (TPSA) is 36.3 Å². The van der Waals surface area contributed by atoms with Crippen molar-refractivity contribution in [2.24, 2.45) is 0 Å². The van der Waals surface area contributed by atoms with Gasteiger partial charge in [0.25, 0.3) is 0 Å². The molecule has 0 N–H and O–H groups in total. The highest BCUT2D eigenvalue weighted by Crippen LogP contribution is 2.20. The Balaban J connectivity index is 1.84. The second-order valence-corrected chi connectivity index (χ2v) is 5.42.